The first kappa shape index (κ1) is 12.0. The summed E-state index contributed by atoms with van der Waals surface area (Å²) < 4.78 is 12.1. The summed E-state index contributed by atoms with van der Waals surface area (Å²) in [6.45, 7) is 5.81. The zero-order valence-electron chi connectivity index (χ0n) is 11.5. The number of aryl methyl sites for hydroxylation is 2. The normalized spacial score (nSPS) is 19.0. The summed E-state index contributed by atoms with van der Waals surface area (Å²) in [6, 6.07) is 7.87. The van der Waals surface area contributed by atoms with Gasteiger partial charge in [0.15, 0.2) is 16.6 Å². The number of aromatic nitrogens is 1. The van der Waals surface area contributed by atoms with Crippen molar-refractivity contribution in [2.45, 2.75) is 26.1 Å². The third-order valence-electron chi connectivity index (χ3n) is 3.92. The smallest absolute Gasteiger partial charge is 0.270 e. The predicted octanol–water partition coefficient (Wildman–Crippen LogP) is 3.14. The van der Waals surface area contributed by atoms with Crippen molar-refractivity contribution in [2.75, 3.05) is 18.0 Å². The SMILES string of the molecule is Cc1nc(N2CCC3(C2)Oc2ccccc2O3)sc1C. The number of ether oxygens (including phenoxy) is 2. The van der Waals surface area contributed by atoms with Gasteiger partial charge in [0, 0.05) is 17.8 Å². The van der Waals surface area contributed by atoms with Crippen LogP contribution in [0.4, 0.5) is 5.13 Å². The van der Waals surface area contributed by atoms with Crippen molar-refractivity contribution in [3.8, 4) is 11.5 Å². The minimum Gasteiger partial charge on any atom is -0.447 e. The highest BCUT2D eigenvalue weighted by Crippen LogP contribution is 2.44. The van der Waals surface area contributed by atoms with Gasteiger partial charge in [-0.3, -0.25) is 0 Å². The zero-order valence-corrected chi connectivity index (χ0v) is 12.4. The fourth-order valence-electron chi connectivity index (χ4n) is 2.72. The molecule has 5 heteroatoms. The Balaban J connectivity index is 1.57. The molecule has 20 heavy (non-hydrogen) atoms. The third-order valence-corrected chi connectivity index (χ3v) is 5.06. The molecule has 104 valence electrons. The van der Waals surface area contributed by atoms with Crippen LogP contribution in [0.1, 0.15) is 17.0 Å². The zero-order chi connectivity index (χ0) is 13.7. The average molecular weight is 288 g/mol. The van der Waals surface area contributed by atoms with Crippen LogP contribution in [-0.4, -0.2) is 23.9 Å². The largest absolute Gasteiger partial charge is 0.447 e. The fourth-order valence-corrected chi connectivity index (χ4v) is 3.65. The van der Waals surface area contributed by atoms with Crippen LogP contribution in [0.2, 0.25) is 0 Å². The van der Waals surface area contributed by atoms with Crippen LogP contribution < -0.4 is 14.4 Å². The minimum absolute atomic E-state index is 0.531. The summed E-state index contributed by atoms with van der Waals surface area (Å²) in [5.74, 6) is 1.17. The molecule has 0 atom stereocenters. The lowest BCUT2D eigenvalue weighted by molar-refractivity contribution is -0.0577. The Bertz CT molecular complexity index is 623. The summed E-state index contributed by atoms with van der Waals surface area (Å²) in [5.41, 5.74) is 1.11. The molecule has 1 saturated heterocycles. The Morgan fingerprint density at radius 1 is 1.20 bits per heavy atom. The summed E-state index contributed by atoms with van der Waals surface area (Å²) in [4.78, 5) is 8.17. The Morgan fingerprint density at radius 3 is 2.50 bits per heavy atom. The van der Waals surface area contributed by atoms with Crippen LogP contribution in [0.5, 0.6) is 11.5 Å². The van der Waals surface area contributed by atoms with Gasteiger partial charge in [-0.05, 0) is 26.0 Å². The standard InChI is InChI=1S/C15H16N2O2S/c1-10-11(2)20-14(16-10)17-8-7-15(9-17)18-12-5-3-4-6-13(12)19-15/h3-6H,7-9H2,1-2H3. The number of benzene rings is 1. The first-order valence-electron chi connectivity index (χ1n) is 6.81. The van der Waals surface area contributed by atoms with Gasteiger partial charge in [-0.1, -0.05) is 12.1 Å². The monoisotopic (exact) mass is 288 g/mol. The molecule has 0 N–H and O–H groups in total. The Labute approximate surface area is 122 Å². The van der Waals surface area contributed by atoms with E-state index in [1.807, 2.05) is 24.3 Å². The molecule has 2 aromatic rings. The van der Waals surface area contributed by atoms with Gasteiger partial charge in [0.25, 0.3) is 5.79 Å². The second kappa shape index (κ2) is 4.12. The van der Waals surface area contributed by atoms with Crippen molar-refractivity contribution >= 4 is 16.5 Å². The van der Waals surface area contributed by atoms with E-state index in [2.05, 4.69) is 23.7 Å². The first-order chi connectivity index (χ1) is 9.65. The second-order valence-electron chi connectivity index (χ2n) is 5.37. The number of rotatable bonds is 1. The van der Waals surface area contributed by atoms with Gasteiger partial charge in [-0.2, -0.15) is 0 Å². The summed E-state index contributed by atoms with van der Waals surface area (Å²) in [5, 5.41) is 1.07. The molecule has 2 aliphatic heterocycles. The average Bonchev–Trinajstić information content (AvgIpc) is 3.09. The number of thiazole rings is 1. The van der Waals surface area contributed by atoms with Crippen LogP contribution in [0, 0.1) is 13.8 Å². The molecule has 1 fully saturated rings. The highest BCUT2D eigenvalue weighted by atomic mass is 32.1. The Kier molecular flexibility index (Phi) is 2.48. The van der Waals surface area contributed by atoms with E-state index < -0.39 is 5.79 Å². The van der Waals surface area contributed by atoms with E-state index in [0.29, 0.717) is 0 Å². The molecule has 1 aromatic heterocycles. The van der Waals surface area contributed by atoms with Crippen LogP contribution in [0.25, 0.3) is 0 Å². The van der Waals surface area contributed by atoms with Crippen LogP contribution in [-0.2, 0) is 0 Å². The van der Waals surface area contributed by atoms with Crippen molar-refractivity contribution in [1.82, 2.24) is 4.98 Å². The van der Waals surface area contributed by atoms with E-state index >= 15 is 0 Å². The van der Waals surface area contributed by atoms with Crippen LogP contribution >= 0.6 is 11.3 Å². The Hall–Kier alpha value is -1.75. The Morgan fingerprint density at radius 2 is 1.90 bits per heavy atom. The molecule has 0 radical (unpaired) electrons. The summed E-state index contributed by atoms with van der Waals surface area (Å²) in [6.07, 6.45) is 0.860. The van der Waals surface area contributed by atoms with Gasteiger partial charge in [0.2, 0.25) is 0 Å². The molecule has 0 unspecified atom stereocenters. The van der Waals surface area contributed by atoms with Gasteiger partial charge in [0.1, 0.15) is 0 Å². The topological polar surface area (TPSA) is 34.6 Å². The number of hydrogen-bond donors (Lipinski definition) is 0. The fraction of sp³-hybridized carbons (Fsp3) is 0.400. The highest BCUT2D eigenvalue weighted by Gasteiger charge is 2.48. The lowest BCUT2D eigenvalue weighted by Crippen LogP contribution is -2.41. The molecule has 0 aliphatic carbocycles. The number of para-hydroxylation sites is 2. The minimum atomic E-state index is -0.531. The molecule has 1 aromatic carbocycles. The molecule has 4 nitrogen and oxygen atoms in total. The maximum Gasteiger partial charge on any atom is 0.270 e. The van der Waals surface area contributed by atoms with Crippen molar-refractivity contribution in [1.29, 1.82) is 0 Å². The maximum atomic E-state index is 6.06. The number of anilines is 1. The van der Waals surface area contributed by atoms with Crippen molar-refractivity contribution in [3.05, 3.63) is 34.8 Å². The van der Waals surface area contributed by atoms with Gasteiger partial charge in [-0.15, -0.1) is 11.3 Å². The van der Waals surface area contributed by atoms with E-state index in [0.717, 1.165) is 41.8 Å². The number of nitrogens with zero attached hydrogens (tertiary/aromatic N) is 2. The lowest BCUT2D eigenvalue weighted by atomic mass is 10.2. The van der Waals surface area contributed by atoms with E-state index in [1.54, 1.807) is 11.3 Å². The molecular formula is C15H16N2O2S. The third kappa shape index (κ3) is 1.77. The molecule has 2 aliphatic rings. The highest BCUT2D eigenvalue weighted by molar-refractivity contribution is 7.15. The lowest BCUT2D eigenvalue weighted by Gasteiger charge is -2.22. The van der Waals surface area contributed by atoms with Crippen molar-refractivity contribution in [3.63, 3.8) is 0 Å². The van der Waals surface area contributed by atoms with Gasteiger partial charge in [-0.25, -0.2) is 4.98 Å². The molecular weight excluding hydrogens is 272 g/mol. The molecule has 3 heterocycles. The predicted molar refractivity (Wildman–Crippen MR) is 78.8 cm³/mol. The number of fused-ring (bicyclic) bond motifs is 1. The molecule has 1 spiro atoms. The van der Waals surface area contributed by atoms with Crippen LogP contribution in [0.15, 0.2) is 24.3 Å². The van der Waals surface area contributed by atoms with E-state index in [1.165, 1.54) is 4.88 Å². The molecule has 0 amide bonds. The van der Waals surface area contributed by atoms with Gasteiger partial charge < -0.3 is 14.4 Å². The van der Waals surface area contributed by atoms with E-state index in [-0.39, 0.29) is 0 Å². The molecule has 4 rings (SSSR count). The number of hydrogen-bond acceptors (Lipinski definition) is 5. The van der Waals surface area contributed by atoms with Crippen molar-refractivity contribution < 1.29 is 9.47 Å². The van der Waals surface area contributed by atoms with Gasteiger partial charge in [0.05, 0.1) is 12.2 Å². The van der Waals surface area contributed by atoms with Gasteiger partial charge >= 0.3 is 0 Å². The van der Waals surface area contributed by atoms with E-state index in [4.69, 9.17) is 9.47 Å². The van der Waals surface area contributed by atoms with E-state index in [9.17, 15) is 0 Å². The first-order valence-corrected chi connectivity index (χ1v) is 7.63. The second-order valence-corrected chi connectivity index (χ2v) is 6.55. The summed E-state index contributed by atoms with van der Waals surface area (Å²) in [7, 11) is 0. The van der Waals surface area contributed by atoms with Crippen LogP contribution in [0.3, 0.4) is 0 Å². The van der Waals surface area contributed by atoms with Crippen molar-refractivity contribution in [2.24, 2.45) is 0 Å². The maximum absolute atomic E-state index is 6.06. The molecule has 0 saturated carbocycles. The molecule has 0 bridgehead atoms. The quantitative estimate of drug-likeness (QED) is 0.807. The summed E-state index contributed by atoms with van der Waals surface area (Å²) >= 11 is 1.74.